The molecule has 2 rings (SSSR count). The number of hydrogen-bond acceptors (Lipinski definition) is 3. The van der Waals surface area contributed by atoms with Gasteiger partial charge in [0.25, 0.3) is 0 Å². The van der Waals surface area contributed by atoms with Gasteiger partial charge in [0, 0.05) is 38.5 Å². The summed E-state index contributed by atoms with van der Waals surface area (Å²) < 4.78 is 0. The Labute approximate surface area is 133 Å². The topological polar surface area (TPSA) is 56.1 Å². The average Bonchev–Trinajstić information content (AvgIpc) is 2.51. The van der Waals surface area contributed by atoms with Gasteiger partial charge in [-0.1, -0.05) is 29.8 Å². The van der Waals surface area contributed by atoms with Crippen LogP contribution in [0.2, 0.25) is 0 Å². The van der Waals surface area contributed by atoms with Crippen LogP contribution in [0.1, 0.15) is 49.3 Å². The summed E-state index contributed by atoms with van der Waals surface area (Å²) >= 11 is 0. The molecule has 1 aliphatic heterocycles. The van der Waals surface area contributed by atoms with Crippen LogP contribution >= 0.6 is 0 Å². The number of hydrogen-bond donors (Lipinski definition) is 1. The molecule has 1 aliphatic rings. The van der Waals surface area contributed by atoms with Crippen molar-refractivity contribution < 1.29 is 4.79 Å². The van der Waals surface area contributed by atoms with E-state index in [9.17, 15) is 4.79 Å². The molecule has 0 saturated carbocycles. The van der Waals surface area contributed by atoms with Crippen LogP contribution in [0.5, 0.6) is 0 Å². The highest BCUT2D eigenvalue weighted by Crippen LogP contribution is 2.22. The second-order valence-electron chi connectivity index (χ2n) is 6.19. The minimum atomic E-state index is 0.231. The molecule has 0 spiro atoms. The standard InChI is InChI=1S/C18H25N3O/c1-14-6-8-15(9-7-14)17(5-3-4-12-19)20-16-10-11-18(22)21(2)13-16/h6-9,16-17,20H,3-5,10-11,13H2,1-2H3/t16-,17+/m0/s1. The number of rotatable bonds is 6. The van der Waals surface area contributed by atoms with Crippen molar-refractivity contribution in [1.29, 1.82) is 5.26 Å². The fraction of sp³-hybridized carbons (Fsp3) is 0.556. The zero-order chi connectivity index (χ0) is 15.9. The first-order chi connectivity index (χ1) is 10.6. The predicted octanol–water partition coefficient (Wildman–Crippen LogP) is 2.94. The van der Waals surface area contributed by atoms with Gasteiger partial charge >= 0.3 is 0 Å². The first-order valence-corrected chi connectivity index (χ1v) is 8.03. The van der Waals surface area contributed by atoms with Crippen LogP contribution in [0.15, 0.2) is 24.3 Å². The first kappa shape index (κ1) is 16.5. The molecule has 1 fully saturated rings. The number of nitriles is 1. The molecular weight excluding hydrogens is 274 g/mol. The number of aryl methyl sites for hydroxylation is 1. The Bertz CT molecular complexity index is 532. The van der Waals surface area contributed by atoms with E-state index in [1.165, 1.54) is 11.1 Å². The SMILES string of the molecule is Cc1ccc([C@@H](CCCC#N)N[C@H]2CCC(=O)N(C)C2)cc1. The molecule has 1 N–H and O–H groups in total. The number of amides is 1. The van der Waals surface area contributed by atoms with Crippen LogP contribution in [0.4, 0.5) is 0 Å². The number of likely N-dealkylation sites (tertiary alicyclic amines) is 1. The molecule has 1 aromatic rings. The summed E-state index contributed by atoms with van der Waals surface area (Å²) in [6.07, 6.45) is 3.94. The normalized spacial score (nSPS) is 19.8. The largest absolute Gasteiger partial charge is 0.344 e. The molecular formula is C18H25N3O. The predicted molar refractivity (Wildman–Crippen MR) is 87.2 cm³/mol. The molecule has 1 amide bonds. The van der Waals surface area contributed by atoms with Crippen LogP contribution in [0.25, 0.3) is 0 Å². The van der Waals surface area contributed by atoms with Crippen molar-refractivity contribution >= 4 is 5.91 Å². The van der Waals surface area contributed by atoms with Gasteiger partial charge in [0.15, 0.2) is 0 Å². The van der Waals surface area contributed by atoms with E-state index in [-0.39, 0.29) is 11.9 Å². The molecule has 1 aromatic carbocycles. The molecule has 118 valence electrons. The van der Waals surface area contributed by atoms with E-state index in [0.29, 0.717) is 18.9 Å². The van der Waals surface area contributed by atoms with Gasteiger partial charge in [0.2, 0.25) is 5.91 Å². The highest BCUT2D eigenvalue weighted by molar-refractivity contribution is 5.76. The molecule has 0 bridgehead atoms. The average molecular weight is 299 g/mol. The number of piperidine rings is 1. The number of carbonyl (C=O) groups excluding carboxylic acids is 1. The van der Waals surface area contributed by atoms with Crippen molar-refractivity contribution in [2.75, 3.05) is 13.6 Å². The molecule has 4 heteroatoms. The quantitative estimate of drug-likeness (QED) is 0.822. The Kier molecular flexibility index (Phi) is 5.97. The van der Waals surface area contributed by atoms with E-state index in [1.807, 2.05) is 11.9 Å². The van der Waals surface area contributed by atoms with E-state index in [0.717, 1.165) is 25.8 Å². The first-order valence-electron chi connectivity index (χ1n) is 8.03. The number of likely N-dealkylation sites (N-methyl/N-ethyl adjacent to an activating group) is 1. The van der Waals surface area contributed by atoms with Crippen LogP contribution in [0, 0.1) is 18.3 Å². The van der Waals surface area contributed by atoms with E-state index in [2.05, 4.69) is 42.6 Å². The molecule has 0 aliphatic carbocycles. The minimum Gasteiger partial charge on any atom is -0.344 e. The third-order valence-electron chi connectivity index (χ3n) is 4.32. The van der Waals surface area contributed by atoms with Crippen LogP contribution in [-0.2, 0) is 4.79 Å². The lowest BCUT2D eigenvalue weighted by Crippen LogP contribution is -2.47. The van der Waals surface area contributed by atoms with Crippen molar-refractivity contribution in [2.24, 2.45) is 0 Å². The number of unbranched alkanes of at least 4 members (excludes halogenated alkanes) is 1. The van der Waals surface area contributed by atoms with Crippen LogP contribution in [0.3, 0.4) is 0 Å². The van der Waals surface area contributed by atoms with Gasteiger partial charge < -0.3 is 10.2 Å². The summed E-state index contributed by atoms with van der Waals surface area (Å²) in [5.41, 5.74) is 2.52. The number of nitrogens with zero attached hydrogens (tertiary/aromatic N) is 2. The monoisotopic (exact) mass is 299 g/mol. The Hall–Kier alpha value is -1.86. The molecule has 0 radical (unpaired) electrons. The summed E-state index contributed by atoms with van der Waals surface area (Å²) in [6.45, 7) is 2.85. The molecule has 1 heterocycles. The zero-order valence-corrected chi connectivity index (χ0v) is 13.5. The fourth-order valence-electron chi connectivity index (χ4n) is 2.96. The Balaban J connectivity index is 2.02. The van der Waals surface area contributed by atoms with Gasteiger partial charge in [-0.2, -0.15) is 5.26 Å². The molecule has 0 aromatic heterocycles. The summed E-state index contributed by atoms with van der Waals surface area (Å²) in [6, 6.07) is 11.4. The minimum absolute atomic E-state index is 0.231. The highest BCUT2D eigenvalue weighted by atomic mass is 16.2. The van der Waals surface area contributed by atoms with Gasteiger partial charge in [-0.05, 0) is 31.7 Å². The van der Waals surface area contributed by atoms with Crippen molar-refractivity contribution in [2.45, 2.75) is 51.1 Å². The molecule has 4 nitrogen and oxygen atoms in total. The van der Waals surface area contributed by atoms with Gasteiger partial charge in [-0.25, -0.2) is 0 Å². The van der Waals surface area contributed by atoms with Crippen molar-refractivity contribution in [3.8, 4) is 6.07 Å². The molecule has 2 atom stereocenters. The van der Waals surface area contributed by atoms with Crippen LogP contribution in [-0.4, -0.2) is 30.4 Å². The summed E-state index contributed by atoms with van der Waals surface area (Å²) in [5, 5.41) is 12.5. The summed E-state index contributed by atoms with van der Waals surface area (Å²) in [4.78, 5) is 13.4. The molecule has 0 unspecified atom stereocenters. The second kappa shape index (κ2) is 7.95. The third kappa shape index (κ3) is 4.57. The number of nitrogens with one attached hydrogen (secondary N) is 1. The maximum Gasteiger partial charge on any atom is 0.222 e. The lowest BCUT2D eigenvalue weighted by molar-refractivity contribution is -0.132. The van der Waals surface area contributed by atoms with Gasteiger partial charge in [-0.15, -0.1) is 0 Å². The van der Waals surface area contributed by atoms with E-state index < -0.39 is 0 Å². The maximum atomic E-state index is 11.6. The zero-order valence-electron chi connectivity index (χ0n) is 13.5. The van der Waals surface area contributed by atoms with E-state index >= 15 is 0 Å². The van der Waals surface area contributed by atoms with Crippen LogP contribution < -0.4 is 5.32 Å². The van der Waals surface area contributed by atoms with Gasteiger partial charge in [0.1, 0.15) is 0 Å². The Morgan fingerprint density at radius 3 is 2.77 bits per heavy atom. The van der Waals surface area contributed by atoms with E-state index in [1.54, 1.807) is 0 Å². The molecule has 22 heavy (non-hydrogen) atoms. The highest BCUT2D eigenvalue weighted by Gasteiger charge is 2.25. The Morgan fingerprint density at radius 1 is 1.41 bits per heavy atom. The molecule has 1 saturated heterocycles. The number of benzene rings is 1. The third-order valence-corrected chi connectivity index (χ3v) is 4.32. The lowest BCUT2D eigenvalue weighted by atomic mass is 9.97. The fourth-order valence-corrected chi connectivity index (χ4v) is 2.96. The second-order valence-corrected chi connectivity index (χ2v) is 6.19. The summed E-state index contributed by atoms with van der Waals surface area (Å²) in [5.74, 6) is 0.231. The van der Waals surface area contributed by atoms with Crippen molar-refractivity contribution in [3.63, 3.8) is 0 Å². The van der Waals surface area contributed by atoms with Gasteiger partial charge in [0.05, 0.1) is 6.07 Å². The smallest absolute Gasteiger partial charge is 0.222 e. The maximum absolute atomic E-state index is 11.6. The summed E-state index contributed by atoms with van der Waals surface area (Å²) in [7, 11) is 1.87. The number of carbonyl (C=O) groups is 1. The van der Waals surface area contributed by atoms with Crippen molar-refractivity contribution in [3.05, 3.63) is 35.4 Å². The van der Waals surface area contributed by atoms with Gasteiger partial charge in [-0.3, -0.25) is 4.79 Å². The lowest BCUT2D eigenvalue weighted by Gasteiger charge is -2.33. The van der Waals surface area contributed by atoms with Crippen molar-refractivity contribution in [1.82, 2.24) is 10.2 Å². The Morgan fingerprint density at radius 2 is 2.14 bits per heavy atom. The van der Waals surface area contributed by atoms with E-state index in [4.69, 9.17) is 5.26 Å².